The van der Waals surface area contributed by atoms with Gasteiger partial charge in [-0.1, -0.05) is 0 Å². The lowest BCUT2D eigenvalue weighted by Crippen LogP contribution is -2.35. The molecule has 1 aliphatic rings. The summed E-state index contributed by atoms with van der Waals surface area (Å²) in [5, 5.41) is 9.76. The van der Waals surface area contributed by atoms with Gasteiger partial charge in [0.05, 0.1) is 0 Å². The summed E-state index contributed by atoms with van der Waals surface area (Å²) in [6.45, 7) is 0. The van der Waals surface area contributed by atoms with Gasteiger partial charge in [0.1, 0.15) is 5.60 Å². The zero-order chi connectivity index (χ0) is 7.73. The van der Waals surface area contributed by atoms with E-state index in [1.54, 1.807) is 18.5 Å². The highest BCUT2D eigenvalue weighted by atomic mass is 16.3. The second-order valence-electron chi connectivity index (χ2n) is 2.96. The SMILES string of the molecule is OC1(c2ncccn2)CCC1. The first kappa shape index (κ1) is 6.73. The Morgan fingerprint density at radius 2 is 1.91 bits per heavy atom. The zero-order valence-corrected chi connectivity index (χ0v) is 6.20. The Morgan fingerprint density at radius 1 is 1.27 bits per heavy atom. The Hall–Kier alpha value is -0.960. The second-order valence-corrected chi connectivity index (χ2v) is 2.96. The van der Waals surface area contributed by atoms with Crippen LogP contribution >= 0.6 is 0 Å². The molecule has 0 amide bonds. The van der Waals surface area contributed by atoms with Crippen molar-refractivity contribution in [2.24, 2.45) is 0 Å². The van der Waals surface area contributed by atoms with Crippen molar-refractivity contribution in [2.75, 3.05) is 0 Å². The summed E-state index contributed by atoms with van der Waals surface area (Å²) < 4.78 is 0. The summed E-state index contributed by atoms with van der Waals surface area (Å²) in [7, 11) is 0. The van der Waals surface area contributed by atoms with Crippen LogP contribution in [0.2, 0.25) is 0 Å². The average molecular weight is 150 g/mol. The first-order valence-corrected chi connectivity index (χ1v) is 3.81. The van der Waals surface area contributed by atoms with Gasteiger partial charge in [-0.2, -0.15) is 0 Å². The predicted molar refractivity (Wildman–Crippen MR) is 39.8 cm³/mol. The van der Waals surface area contributed by atoms with Crippen LogP contribution in [0.1, 0.15) is 25.1 Å². The quantitative estimate of drug-likeness (QED) is 0.645. The Bertz CT molecular complexity index is 244. The van der Waals surface area contributed by atoms with Gasteiger partial charge in [-0.3, -0.25) is 0 Å². The summed E-state index contributed by atoms with van der Waals surface area (Å²) in [4.78, 5) is 8.02. The van der Waals surface area contributed by atoms with Gasteiger partial charge in [-0.25, -0.2) is 9.97 Å². The van der Waals surface area contributed by atoms with Crippen molar-refractivity contribution in [3.8, 4) is 0 Å². The van der Waals surface area contributed by atoms with E-state index in [0.717, 1.165) is 19.3 Å². The topological polar surface area (TPSA) is 46.0 Å². The lowest BCUT2D eigenvalue weighted by molar-refractivity contribution is -0.0467. The van der Waals surface area contributed by atoms with Crippen LogP contribution < -0.4 is 0 Å². The largest absolute Gasteiger partial charge is 0.382 e. The molecule has 11 heavy (non-hydrogen) atoms. The summed E-state index contributed by atoms with van der Waals surface area (Å²) in [5.41, 5.74) is -0.707. The molecule has 1 aliphatic carbocycles. The van der Waals surface area contributed by atoms with E-state index in [9.17, 15) is 5.11 Å². The third-order valence-corrected chi connectivity index (χ3v) is 2.16. The Morgan fingerprint density at radius 3 is 2.36 bits per heavy atom. The van der Waals surface area contributed by atoms with Crippen LogP contribution in [0.3, 0.4) is 0 Å². The average Bonchev–Trinajstić information content (AvgIpc) is 2.02. The van der Waals surface area contributed by atoms with Crippen molar-refractivity contribution in [1.29, 1.82) is 0 Å². The molecule has 1 fully saturated rings. The van der Waals surface area contributed by atoms with Crippen LogP contribution in [-0.2, 0) is 5.60 Å². The number of hydrogen-bond donors (Lipinski definition) is 1. The van der Waals surface area contributed by atoms with Crippen LogP contribution in [0.25, 0.3) is 0 Å². The molecule has 0 radical (unpaired) electrons. The van der Waals surface area contributed by atoms with Crippen LogP contribution in [0.4, 0.5) is 0 Å². The summed E-state index contributed by atoms with van der Waals surface area (Å²) in [5.74, 6) is 0.575. The maximum absolute atomic E-state index is 9.76. The van der Waals surface area contributed by atoms with E-state index < -0.39 is 5.60 Å². The molecule has 2 rings (SSSR count). The number of aromatic nitrogens is 2. The highest BCUT2D eigenvalue weighted by Crippen LogP contribution is 2.38. The smallest absolute Gasteiger partial charge is 0.159 e. The van der Waals surface area contributed by atoms with Crippen LogP contribution in [-0.4, -0.2) is 15.1 Å². The van der Waals surface area contributed by atoms with Gasteiger partial charge in [0.25, 0.3) is 0 Å². The zero-order valence-electron chi connectivity index (χ0n) is 6.20. The monoisotopic (exact) mass is 150 g/mol. The summed E-state index contributed by atoms with van der Waals surface area (Å²) in [6, 6.07) is 1.76. The lowest BCUT2D eigenvalue weighted by Gasteiger charge is -2.34. The van der Waals surface area contributed by atoms with E-state index in [-0.39, 0.29) is 0 Å². The van der Waals surface area contributed by atoms with E-state index in [1.807, 2.05) is 0 Å². The van der Waals surface area contributed by atoms with E-state index in [1.165, 1.54) is 0 Å². The minimum Gasteiger partial charge on any atom is -0.382 e. The van der Waals surface area contributed by atoms with Gasteiger partial charge < -0.3 is 5.11 Å². The molecule has 0 bridgehead atoms. The number of nitrogens with zero attached hydrogens (tertiary/aromatic N) is 2. The maximum atomic E-state index is 9.76. The molecule has 1 aromatic heterocycles. The third-order valence-electron chi connectivity index (χ3n) is 2.16. The first-order valence-electron chi connectivity index (χ1n) is 3.81. The number of rotatable bonds is 1. The molecule has 1 aromatic rings. The number of hydrogen-bond acceptors (Lipinski definition) is 3. The summed E-state index contributed by atoms with van der Waals surface area (Å²) in [6.07, 6.45) is 6.01. The molecular weight excluding hydrogens is 140 g/mol. The van der Waals surface area contributed by atoms with Crippen molar-refractivity contribution in [2.45, 2.75) is 24.9 Å². The highest BCUT2D eigenvalue weighted by Gasteiger charge is 2.38. The minimum absolute atomic E-state index is 0.575. The van der Waals surface area contributed by atoms with E-state index >= 15 is 0 Å². The van der Waals surface area contributed by atoms with Gasteiger partial charge in [-0.05, 0) is 25.3 Å². The molecule has 1 heterocycles. The number of aliphatic hydroxyl groups is 1. The molecule has 3 nitrogen and oxygen atoms in total. The molecule has 58 valence electrons. The molecule has 0 saturated heterocycles. The fourth-order valence-electron chi connectivity index (χ4n) is 1.27. The van der Waals surface area contributed by atoms with Gasteiger partial charge in [0.15, 0.2) is 5.82 Å². The van der Waals surface area contributed by atoms with Crippen LogP contribution in [0, 0.1) is 0 Å². The van der Waals surface area contributed by atoms with E-state index in [4.69, 9.17) is 0 Å². The molecule has 0 aliphatic heterocycles. The van der Waals surface area contributed by atoms with Gasteiger partial charge >= 0.3 is 0 Å². The van der Waals surface area contributed by atoms with Gasteiger partial charge in [-0.15, -0.1) is 0 Å². The highest BCUT2D eigenvalue weighted by molar-refractivity contribution is 5.05. The van der Waals surface area contributed by atoms with Gasteiger partial charge in [0, 0.05) is 12.4 Å². The molecule has 0 atom stereocenters. The Kier molecular flexibility index (Phi) is 1.39. The molecule has 1 saturated carbocycles. The standard InChI is InChI=1S/C8H10N2O/c11-8(3-1-4-8)7-9-5-2-6-10-7/h2,5-6,11H,1,3-4H2. The normalized spacial score (nSPS) is 20.8. The van der Waals surface area contributed by atoms with Crippen molar-refractivity contribution < 1.29 is 5.11 Å². The third kappa shape index (κ3) is 1.01. The van der Waals surface area contributed by atoms with E-state index in [2.05, 4.69) is 9.97 Å². The molecule has 3 heteroatoms. The van der Waals surface area contributed by atoms with Crippen LogP contribution in [0.5, 0.6) is 0 Å². The Balaban J connectivity index is 2.29. The molecule has 0 spiro atoms. The van der Waals surface area contributed by atoms with Crippen LogP contribution in [0.15, 0.2) is 18.5 Å². The van der Waals surface area contributed by atoms with Gasteiger partial charge in [0.2, 0.25) is 0 Å². The predicted octanol–water partition coefficient (Wildman–Crippen LogP) is 0.848. The fraction of sp³-hybridized carbons (Fsp3) is 0.500. The van der Waals surface area contributed by atoms with Crippen molar-refractivity contribution in [1.82, 2.24) is 9.97 Å². The van der Waals surface area contributed by atoms with Crippen molar-refractivity contribution in [3.63, 3.8) is 0 Å². The second kappa shape index (κ2) is 2.27. The van der Waals surface area contributed by atoms with E-state index in [0.29, 0.717) is 5.82 Å². The van der Waals surface area contributed by atoms with Crippen molar-refractivity contribution >= 4 is 0 Å². The molecule has 1 N–H and O–H groups in total. The fourth-order valence-corrected chi connectivity index (χ4v) is 1.27. The molecule has 0 aromatic carbocycles. The molecule has 0 unspecified atom stereocenters. The molecular formula is C8H10N2O. The lowest BCUT2D eigenvalue weighted by atomic mass is 9.79. The first-order chi connectivity index (χ1) is 5.31. The Labute approximate surface area is 65.1 Å². The minimum atomic E-state index is -0.707. The van der Waals surface area contributed by atoms with Crippen molar-refractivity contribution in [3.05, 3.63) is 24.3 Å². The summed E-state index contributed by atoms with van der Waals surface area (Å²) >= 11 is 0. The maximum Gasteiger partial charge on any atom is 0.159 e.